The quantitative estimate of drug-likeness (QED) is 0.0549. The molecule has 1 amide bonds. The lowest BCUT2D eigenvalue weighted by atomic mass is 9.73. The van der Waals surface area contributed by atoms with E-state index in [1.54, 1.807) is 43.3 Å². The number of hydrogen-bond acceptors (Lipinski definition) is 11. The molecule has 0 fully saturated rings. The number of pyridine rings is 2. The molecule has 0 spiro atoms. The second-order valence-corrected chi connectivity index (χ2v) is 14.3. The lowest BCUT2D eigenvalue weighted by Crippen LogP contribution is -2.36. The first-order chi connectivity index (χ1) is 28.2. The van der Waals surface area contributed by atoms with E-state index in [0.29, 0.717) is 55.0 Å². The van der Waals surface area contributed by atoms with Crippen LogP contribution in [0.5, 0.6) is 23.0 Å². The van der Waals surface area contributed by atoms with E-state index in [4.69, 9.17) is 18.9 Å². The summed E-state index contributed by atoms with van der Waals surface area (Å²) in [5.74, 6) is -0.692. The van der Waals surface area contributed by atoms with Gasteiger partial charge in [0.1, 0.15) is 37.9 Å². The van der Waals surface area contributed by atoms with Crippen LogP contribution < -0.4 is 20.6 Å². The van der Waals surface area contributed by atoms with E-state index in [0.717, 1.165) is 11.1 Å². The number of carbonyl (C=O) groups is 3. The number of nitrogens with zero attached hydrogens (tertiary/aromatic N) is 3. The van der Waals surface area contributed by atoms with Crippen LogP contribution in [-0.4, -0.2) is 81.6 Å². The predicted octanol–water partition coefficient (Wildman–Crippen LogP) is 5.51. The Labute approximate surface area is 343 Å². The van der Waals surface area contributed by atoms with Gasteiger partial charge in [0.05, 0.1) is 0 Å². The predicted molar refractivity (Wildman–Crippen MR) is 222 cm³/mol. The summed E-state index contributed by atoms with van der Waals surface area (Å²) < 4.78 is 24.6. The first-order valence-electron chi connectivity index (χ1n) is 19.4. The maximum atomic E-state index is 14.1. The lowest BCUT2D eigenvalue weighted by Gasteiger charge is -2.32. The molecular weight excluding hydrogens is 759 g/mol. The fourth-order valence-corrected chi connectivity index (χ4v) is 6.27. The molecule has 0 aliphatic heterocycles. The lowest BCUT2D eigenvalue weighted by molar-refractivity contribution is -0.140. The molecular formula is C45H53N3O11. The van der Waals surface area contributed by atoms with E-state index in [2.05, 4.69) is 13.2 Å². The normalized spacial score (nSPS) is 11.0. The van der Waals surface area contributed by atoms with Crippen molar-refractivity contribution in [2.75, 3.05) is 39.5 Å². The van der Waals surface area contributed by atoms with Gasteiger partial charge in [0, 0.05) is 61.6 Å². The zero-order valence-electron chi connectivity index (χ0n) is 33.9. The molecule has 2 aromatic heterocycles. The SMILES string of the molecule is C=C(C)C(=O)OCCOc1ccc(C(C)(CCC(=O)N(CCCn2cccc(O)c2=O)CCCn2cccc(O)c2=O)c2ccc(OCCOC(=O)C(=C)C)cc2)cc1. The number of ether oxygens (including phenoxy) is 4. The van der Waals surface area contributed by atoms with Crippen LogP contribution in [0.15, 0.2) is 119 Å². The van der Waals surface area contributed by atoms with Crippen LogP contribution in [0.4, 0.5) is 0 Å². The average molecular weight is 812 g/mol. The van der Waals surface area contributed by atoms with Crippen LogP contribution in [0.3, 0.4) is 0 Å². The van der Waals surface area contributed by atoms with Crippen LogP contribution in [0, 0.1) is 0 Å². The van der Waals surface area contributed by atoms with Gasteiger partial charge in [-0.25, -0.2) is 9.59 Å². The summed E-state index contributed by atoms with van der Waals surface area (Å²) in [5.41, 5.74) is 0.693. The van der Waals surface area contributed by atoms with Crippen molar-refractivity contribution in [2.24, 2.45) is 0 Å². The summed E-state index contributed by atoms with van der Waals surface area (Å²) in [5, 5.41) is 19.8. The van der Waals surface area contributed by atoms with Gasteiger partial charge in [-0.3, -0.25) is 14.4 Å². The Morgan fingerprint density at radius 2 is 1.07 bits per heavy atom. The van der Waals surface area contributed by atoms with Gasteiger partial charge in [-0.2, -0.15) is 0 Å². The van der Waals surface area contributed by atoms with E-state index in [-0.39, 0.29) is 63.3 Å². The van der Waals surface area contributed by atoms with Gasteiger partial charge in [-0.15, -0.1) is 0 Å². The number of aryl methyl sites for hydroxylation is 2. The van der Waals surface area contributed by atoms with Crippen molar-refractivity contribution in [3.63, 3.8) is 0 Å². The van der Waals surface area contributed by atoms with Gasteiger partial charge in [0.2, 0.25) is 5.91 Å². The molecule has 0 aliphatic rings. The third kappa shape index (κ3) is 13.2. The van der Waals surface area contributed by atoms with Crippen LogP contribution in [0.2, 0.25) is 0 Å². The standard InChI is InChI=1S/C45H53N3O11/c1-32(2)43(54)58-30-28-56-36-16-12-34(13-17-36)45(5,35-14-18-37(19-15-35)57-29-31-59-44(55)33(3)4)21-20-40(51)46(24-8-26-47-22-6-10-38(49)41(47)52)25-9-27-48-23-7-11-39(50)42(48)53/h6-7,10-19,22-23,49-50H,1,3,8-9,20-21,24-31H2,2,4-5H3. The number of hydrogen-bond donors (Lipinski definition) is 2. The summed E-state index contributed by atoms with van der Waals surface area (Å²) in [4.78, 5) is 64.2. The zero-order chi connectivity index (χ0) is 43.0. The Morgan fingerprint density at radius 1 is 0.661 bits per heavy atom. The fraction of sp³-hybridized carbons (Fsp3) is 0.356. The van der Waals surface area contributed by atoms with Gasteiger partial charge < -0.3 is 43.2 Å². The highest BCUT2D eigenvalue weighted by atomic mass is 16.6. The van der Waals surface area contributed by atoms with Crippen molar-refractivity contribution >= 4 is 17.8 Å². The molecule has 14 nitrogen and oxygen atoms in total. The molecule has 2 aromatic carbocycles. The molecule has 0 saturated heterocycles. The number of aromatic hydroxyl groups is 2. The smallest absolute Gasteiger partial charge is 0.333 e. The molecule has 2 heterocycles. The van der Waals surface area contributed by atoms with Crippen LogP contribution in [-0.2, 0) is 42.4 Å². The van der Waals surface area contributed by atoms with E-state index < -0.39 is 28.5 Å². The highest BCUT2D eigenvalue weighted by molar-refractivity contribution is 5.87. The van der Waals surface area contributed by atoms with Gasteiger partial charge in [-0.1, -0.05) is 44.3 Å². The molecule has 0 bridgehead atoms. The molecule has 0 unspecified atom stereocenters. The van der Waals surface area contributed by atoms with Crippen LogP contribution in [0.25, 0.3) is 0 Å². The summed E-state index contributed by atoms with van der Waals surface area (Å²) in [6, 6.07) is 20.8. The Balaban J connectivity index is 1.52. The molecule has 14 heteroatoms. The molecule has 2 N–H and O–H groups in total. The second kappa shape index (κ2) is 21.8. The zero-order valence-corrected chi connectivity index (χ0v) is 33.9. The van der Waals surface area contributed by atoms with Crippen LogP contribution in [0.1, 0.15) is 57.6 Å². The number of esters is 2. The molecule has 314 valence electrons. The summed E-state index contributed by atoms with van der Waals surface area (Å²) in [7, 11) is 0. The van der Waals surface area contributed by atoms with Gasteiger partial charge >= 0.3 is 11.9 Å². The molecule has 0 atom stereocenters. The second-order valence-electron chi connectivity index (χ2n) is 14.3. The van der Waals surface area contributed by atoms with Crippen molar-refractivity contribution in [1.29, 1.82) is 0 Å². The van der Waals surface area contributed by atoms with Gasteiger partial charge in [-0.05, 0) is 92.8 Å². The van der Waals surface area contributed by atoms with Crippen molar-refractivity contribution in [1.82, 2.24) is 14.0 Å². The number of aromatic nitrogens is 2. The molecule has 4 aromatic rings. The molecule has 0 radical (unpaired) electrons. The number of rotatable bonds is 23. The minimum atomic E-state index is -0.684. The maximum absolute atomic E-state index is 14.1. The topological polar surface area (TPSA) is 176 Å². The van der Waals surface area contributed by atoms with Crippen molar-refractivity contribution < 1.29 is 43.5 Å². The maximum Gasteiger partial charge on any atom is 0.333 e. The monoisotopic (exact) mass is 811 g/mol. The van der Waals surface area contributed by atoms with Crippen molar-refractivity contribution in [2.45, 2.75) is 65.0 Å². The first-order valence-corrected chi connectivity index (χ1v) is 19.4. The fourth-order valence-electron chi connectivity index (χ4n) is 6.27. The Morgan fingerprint density at radius 3 is 1.46 bits per heavy atom. The molecule has 59 heavy (non-hydrogen) atoms. The Kier molecular flexibility index (Phi) is 16.7. The third-order valence-electron chi connectivity index (χ3n) is 9.70. The Hall–Kier alpha value is -6.57. The van der Waals surface area contributed by atoms with E-state index in [9.17, 15) is 34.2 Å². The largest absolute Gasteiger partial charge is 0.503 e. The van der Waals surface area contributed by atoms with E-state index in [1.165, 1.54) is 21.3 Å². The van der Waals surface area contributed by atoms with Crippen molar-refractivity contribution in [3.05, 3.63) is 141 Å². The minimum Gasteiger partial charge on any atom is -0.503 e. The van der Waals surface area contributed by atoms with Crippen molar-refractivity contribution in [3.8, 4) is 23.0 Å². The molecule has 0 saturated carbocycles. The van der Waals surface area contributed by atoms with E-state index in [1.807, 2.05) is 55.5 Å². The number of benzene rings is 2. The number of carbonyl (C=O) groups excluding carboxylic acids is 3. The first kappa shape index (κ1) is 45.1. The van der Waals surface area contributed by atoms with Gasteiger partial charge in [0.15, 0.2) is 11.5 Å². The highest BCUT2D eigenvalue weighted by Crippen LogP contribution is 2.38. The van der Waals surface area contributed by atoms with Gasteiger partial charge in [0.25, 0.3) is 11.1 Å². The minimum absolute atomic E-state index is 0.0592. The summed E-state index contributed by atoms with van der Waals surface area (Å²) in [6.45, 7) is 13.9. The molecule has 0 aliphatic carbocycles. The highest BCUT2D eigenvalue weighted by Gasteiger charge is 2.31. The Bertz CT molecular complexity index is 2050. The third-order valence-corrected chi connectivity index (χ3v) is 9.70. The molecule has 4 rings (SSSR count). The van der Waals surface area contributed by atoms with E-state index >= 15 is 0 Å². The average Bonchev–Trinajstić information content (AvgIpc) is 3.22. The number of amides is 1. The van der Waals surface area contributed by atoms with Crippen LogP contribution >= 0.6 is 0 Å². The summed E-state index contributed by atoms with van der Waals surface area (Å²) >= 11 is 0. The summed E-state index contributed by atoms with van der Waals surface area (Å²) in [6.07, 6.45) is 4.57.